The summed E-state index contributed by atoms with van der Waals surface area (Å²) < 4.78 is 15.0. The Labute approximate surface area is 251 Å². The van der Waals surface area contributed by atoms with Gasteiger partial charge in [-0.25, -0.2) is 9.79 Å². The molecule has 1 atom stereocenters. The van der Waals surface area contributed by atoms with Gasteiger partial charge in [-0.05, 0) is 67.4 Å². The first kappa shape index (κ1) is 27.8. The Morgan fingerprint density at radius 2 is 1.81 bits per heavy atom. The maximum atomic E-state index is 14.1. The largest absolute Gasteiger partial charge is 0.497 e. The highest BCUT2D eigenvalue weighted by Gasteiger charge is 2.33. The molecule has 3 heterocycles. The Bertz CT molecular complexity index is 2020. The van der Waals surface area contributed by atoms with Gasteiger partial charge in [-0.15, -0.1) is 0 Å². The molecule has 0 N–H and O–H groups in total. The standard InChI is InChI=1S/C33H28ClN3O4S/c1-4-41-32(39)29-20(2)35-33-37(30(29)22-11-15-26(40-3)16-12-22)31(38)28(42-33)18-25-17-23-7-5-6-8-27(23)36(25)19-21-9-13-24(34)14-10-21/h5-18,30H,4,19H2,1-3H3/b28-18+/t30-/m0/s1. The van der Waals surface area contributed by atoms with Crippen molar-refractivity contribution in [3.8, 4) is 5.75 Å². The molecular weight excluding hydrogens is 570 g/mol. The lowest BCUT2D eigenvalue weighted by atomic mass is 9.96. The first-order valence-electron chi connectivity index (χ1n) is 13.5. The van der Waals surface area contributed by atoms with Crippen LogP contribution < -0.4 is 19.6 Å². The molecule has 5 aromatic rings. The zero-order chi connectivity index (χ0) is 29.4. The highest BCUT2D eigenvalue weighted by Crippen LogP contribution is 2.31. The van der Waals surface area contributed by atoms with Gasteiger partial charge in [0.1, 0.15) is 5.75 Å². The fourth-order valence-electron chi connectivity index (χ4n) is 5.33. The van der Waals surface area contributed by atoms with Crippen molar-refractivity contribution in [2.24, 2.45) is 4.99 Å². The lowest BCUT2D eigenvalue weighted by molar-refractivity contribution is -0.139. The average Bonchev–Trinajstić information content (AvgIpc) is 3.49. The monoisotopic (exact) mass is 597 g/mol. The molecule has 1 aliphatic rings. The lowest BCUT2D eigenvalue weighted by Gasteiger charge is -2.24. The van der Waals surface area contributed by atoms with E-state index in [4.69, 9.17) is 26.1 Å². The molecule has 7 nitrogen and oxygen atoms in total. The molecular formula is C33H28ClN3O4S. The molecule has 0 amide bonds. The van der Waals surface area contributed by atoms with Crippen molar-refractivity contribution >= 4 is 45.9 Å². The zero-order valence-electron chi connectivity index (χ0n) is 23.3. The van der Waals surface area contributed by atoms with Crippen molar-refractivity contribution in [2.75, 3.05) is 13.7 Å². The van der Waals surface area contributed by atoms with E-state index < -0.39 is 12.0 Å². The van der Waals surface area contributed by atoms with Crippen LogP contribution in [0.3, 0.4) is 0 Å². The fraction of sp³-hybridized carbons (Fsp3) is 0.182. The van der Waals surface area contributed by atoms with E-state index in [0.717, 1.165) is 27.7 Å². The molecule has 9 heteroatoms. The van der Waals surface area contributed by atoms with E-state index in [0.29, 0.717) is 37.9 Å². The first-order chi connectivity index (χ1) is 20.4. The lowest BCUT2D eigenvalue weighted by Crippen LogP contribution is -2.40. The maximum absolute atomic E-state index is 14.1. The number of hydrogen-bond acceptors (Lipinski definition) is 6. The van der Waals surface area contributed by atoms with Gasteiger partial charge in [0.15, 0.2) is 4.80 Å². The number of rotatable bonds is 7. The van der Waals surface area contributed by atoms with Gasteiger partial charge >= 0.3 is 5.97 Å². The van der Waals surface area contributed by atoms with Crippen molar-refractivity contribution in [3.63, 3.8) is 0 Å². The van der Waals surface area contributed by atoms with Crippen LogP contribution in [0, 0.1) is 0 Å². The number of carbonyl (C=O) groups excluding carboxylic acids is 1. The van der Waals surface area contributed by atoms with Crippen LogP contribution in [0.5, 0.6) is 5.75 Å². The van der Waals surface area contributed by atoms with Crippen molar-refractivity contribution in [1.82, 2.24) is 9.13 Å². The Morgan fingerprint density at radius 1 is 1.07 bits per heavy atom. The number of esters is 1. The molecule has 6 rings (SSSR count). The van der Waals surface area contributed by atoms with Crippen molar-refractivity contribution in [2.45, 2.75) is 26.4 Å². The fourth-order valence-corrected chi connectivity index (χ4v) is 6.48. The molecule has 0 bridgehead atoms. The van der Waals surface area contributed by atoms with E-state index in [1.807, 2.05) is 66.7 Å². The SMILES string of the molecule is CCOC(=O)C1=C(C)N=c2s/c(=C/c3cc4ccccc4n3Cc3ccc(Cl)cc3)c(=O)n2[C@H]1c1ccc(OC)cc1. The number of hydrogen-bond donors (Lipinski definition) is 0. The number of thiazole rings is 1. The summed E-state index contributed by atoms with van der Waals surface area (Å²) in [5.74, 6) is 0.190. The normalized spacial score (nSPS) is 15.0. The van der Waals surface area contributed by atoms with Gasteiger partial charge in [0, 0.05) is 28.2 Å². The van der Waals surface area contributed by atoms with E-state index >= 15 is 0 Å². The van der Waals surface area contributed by atoms with Crippen LogP contribution in [0.2, 0.25) is 5.02 Å². The van der Waals surface area contributed by atoms with Crippen LogP contribution in [0.4, 0.5) is 0 Å². The van der Waals surface area contributed by atoms with Gasteiger partial charge in [-0.3, -0.25) is 9.36 Å². The van der Waals surface area contributed by atoms with Crippen LogP contribution in [0.1, 0.15) is 36.7 Å². The number of aromatic nitrogens is 2. The van der Waals surface area contributed by atoms with E-state index in [-0.39, 0.29) is 12.2 Å². The third-order valence-corrected chi connectivity index (χ3v) is 8.56. The number of fused-ring (bicyclic) bond motifs is 2. The maximum Gasteiger partial charge on any atom is 0.338 e. The van der Waals surface area contributed by atoms with Crippen LogP contribution in [-0.4, -0.2) is 28.8 Å². The van der Waals surface area contributed by atoms with Gasteiger partial charge in [0.05, 0.1) is 35.6 Å². The number of allylic oxidation sites excluding steroid dienone is 1. The number of methoxy groups -OCH3 is 1. The molecule has 0 aliphatic carbocycles. The number of para-hydroxylation sites is 1. The highest BCUT2D eigenvalue weighted by molar-refractivity contribution is 7.07. The molecule has 0 saturated heterocycles. The second-order valence-electron chi connectivity index (χ2n) is 9.92. The topological polar surface area (TPSA) is 74.8 Å². The average molecular weight is 598 g/mol. The van der Waals surface area contributed by atoms with E-state index in [1.165, 1.54) is 11.3 Å². The first-order valence-corrected chi connectivity index (χ1v) is 14.7. The van der Waals surface area contributed by atoms with Crippen LogP contribution in [-0.2, 0) is 16.1 Å². The molecule has 0 saturated carbocycles. The van der Waals surface area contributed by atoms with Gasteiger partial charge in [-0.2, -0.15) is 0 Å². The van der Waals surface area contributed by atoms with Crippen LogP contribution in [0.25, 0.3) is 17.0 Å². The van der Waals surface area contributed by atoms with Crippen LogP contribution in [0.15, 0.2) is 99.9 Å². The molecule has 0 spiro atoms. The number of benzene rings is 3. The van der Waals surface area contributed by atoms with Crippen molar-refractivity contribution < 1.29 is 14.3 Å². The number of nitrogens with zero attached hydrogens (tertiary/aromatic N) is 3. The predicted molar refractivity (Wildman–Crippen MR) is 166 cm³/mol. The highest BCUT2D eigenvalue weighted by atomic mass is 35.5. The summed E-state index contributed by atoms with van der Waals surface area (Å²) in [6, 6.07) is 24.7. The molecule has 3 aromatic carbocycles. The number of carbonyl (C=O) groups is 1. The summed E-state index contributed by atoms with van der Waals surface area (Å²) in [5.41, 5.74) is 4.44. The Morgan fingerprint density at radius 3 is 2.52 bits per heavy atom. The summed E-state index contributed by atoms with van der Waals surface area (Å²) in [4.78, 5) is 32.5. The second kappa shape index (κ2) is 11.5. The summed E-state index contributed by atoms with van der Waals surface area (Å²) in [5, 5.41) is 1.75. The summed E-state index contributed by atoms with van der Waals surface area (Å²) in [6.07, 6.45) is 1.91. The van der Waals surface area contributed by atoms with Gasteiger partial charge in [-0.1, -0.05) is 65.4 Å². The van der Waals surface area contributed by atoms with E-state index in [9.17, 15) is 9.59 Å². The predicted octanol–water partition coefficient (Wildman–Crippen LogP) is 5.46. The molecule has 1 aliphatic heterocycles. The van der Waals surface area contributed by atoms with Gasteiger partial charge < -0.3 is 14.0 Å². The molecule has 212 valence electrons. The second-order valence-corrected chi connectivity index (χ2v) is 11.4. The number of halogens is 1. The smallest absolute Gasteiger partial charge is 0.338 e. The van der Waals surface area contributed by atoms with Gasteiger partial charge in [0.25, 0.3) is 5.56 Å². The molecule has 42 heavy (non-hydrogen) atoms. The Kier molecular flexibility index (Phi) is 7.58. The zero-order valence-corrected chi connectivity index (χ0v) is 24.9. The minimum absolute atomic E-state index is 0.216. The van der Waals surface area contributed by atoms with E-state index in [1.54, 1.807) is 25.5 Å². The summed E-state index contributed by atoms with van der Waals surface area (Å²) >= 11 is 7.43. The Hall–Kier alpha value is -4.40. The van der Waals surface area contributed by atoms with Gasteiger partial charge in [0.2, 0.25) is 0 Å². The summed E-state index contributed by atoms with van der Waals surface area (Å²) in [6.45, 7) is 4.36. The molecule has 0 fully saturated rings. The molecule has 0 radical (unpaired) electrons. The Balaban J connectivity index is 1.53. The molecule has 0 unspecified atom stereocenters. The van der Waals surface area contributed by atoms with E-state index in [2.05, 4.69) is 22.8 Å². The van der Waals surface area contributed by atoms with Crippen molar-refractivity contribution in [3.05, 3.63) is 132 Å². The summed E-state index contributed by atoms with van der Waals surface area (Å²) in [7, 11) is 1.60. The molecule has 2 aromatic heterocycles. The third-order valence-electron chi connectivity index (χ3n) is 7.32. The minimum atomic E-state index is -0.687. The van der Waals surface area contributed by atoms with Crippen LogP contribution >= 0.6 is 22.9 Å². The van der Waals surface area contributed by atoms with Crippen molar-refractivity contribution in [1.29, 1.82) is 0 Å². The minimum Gasteiger partial charge on any atom is -0.497 e. The quantitative estimate of drug-likeness (QED) is 0.233. The number of ether oxygens (including phenoxy) is 2. The third kappa shape index (κ3) is 5.08.